The number of carbonyl (C=O) groups is 1. The molecule has 0 saturated carbocycles. The molecule has 1 aliphatic rings. The van der Waals surface area contributed by atoms with E-state index < -0.39 is 0 Å². The van der Waals surface area contributed by atoms with E-state index in [-0.39, 0.29) is 5.91 Å². The van der Waals surface area contributed by atoms with E-state index in [4.69, 9.17) is 0 Å². The summed E-state index contributed by atoms with van der Waals surface area (Å²) < 4.78 is 0. The lowest BCUT2D eigenvalue weighted by molar-refractivity contribution is -0.126. The van der Waals surface area contributed by atoms with Gasteiger partial charge in [-0.2, -0.15) is 0 Å². The Labute approximate surface area is 54.4 Å². The van der Waals surface area contributed by atoms with E-state index in [1.807, 2.05) is 0 Å². The molecule has 3 heteroatoms. The molecule has 0 aliphatic carbocycles. The maximum Gasteiger partial charge on any atom is 0.227 e. The lowest BCUT2D eigenvalue weighted by atomic mass is 10.3. The minimum absolute atomic E-state index is 0.163. The molecule has 0 aromatic carbocycles. The molecule has 0 aromatic rings. The third kappa shape index (κ3) is 1.52. The minimum atomic E-state index is 0.163. The van der Waals surface area contributed by atoms with E-state index in [0.29, 0.717) is 6.42 Å². The number of nitrogens with zero attached hydrogens (tertiary/aromatic N) is 2. The molecule has 0 saturated heterocycles. The van der Waals surface area contributed by atoms with Crippen LogP contribution in [0.4, 0.5) is 0 Å². The van der Waals surface area contributed by atoms with E-state index in [0.717, 1.165) is 13.0 Å². The summed E-state index contributed by atoms with van der Waals surface area (Å²) in [4.78, 5) is 16.4. The van der Waals surface area contributed by atoms with Crippen LogP contribution in [0.1, 0.15) is 12.8 Å². The summed E-state index contributed by atoms with van der Waals surface area (Å²) in [5.41, 5.74) is 0. The molecule has 1 aliphatic heterocycles. The molecule has 0 aromatic heterocycles. The Morgan fingerprint density at radius 2 is 2.56 bits per heavy atom. The van der Waals surface area contributed by atoms with Crippen LogP contribution >= 0.6 is 0 Å². The van der Waals surface area contributed by atoms with Crippen molar-refractivity contribution in [3.05, 3.63) is 0 Å². The van der Waals surface area contributed by atoms with Crippen LogP contribution in [0, 0.1) is 0 Å². The zero-order chi connectivity index (χ0) is 6.69. The van der Waals surface area contributed by atoms with Crippen LogP contribution in [-0.4, -0.2) is 30.7 Å². The molecule has 1 rings (SSSR count). The van der Waals surface area contributed by atoms with Crippen molar-refractivity contribution < 1.29 is 4.79 Å². The van der Waals surface area contributed by atoms with E-state index in [2.05, 4.69) is 4.99 Å². The first-order chi connectivity index (χ1) is 4.30. The number of rotatable bonds is 0. The molecule has 0 unspecified atom stereocenters. The summed E-state index contributed by atoms with van der Waals surface area (Å²) >= 11 is 0. The molecule has 0 atom stereocenters. The maximum absolute atomic E-state index is 10.8. The van der Waals surface area contributed by atoms with Gasteiger partial charge in [-0.1, -0.05) is 0 Å². The second-order valence-electron chi connectivity index (χ2n) is 2.13. The third-order valence-corrected chi connectivity index (χ3v) is 1.33. The molecule has 9 heavy (non-hydrogen) atoms. The van der Waals surface area contributed by atoms with E-state index in [1.165, 1.54) is 4.90 Å². The van der Waals surface area contributed by atoms with Gasteiger partial charge < -0.3 is 4.90 Å². The second-order valence-corrected chi connectivity index (χ2v) is 2.13. The van der Waals surface area contributed by atoms with Crippen LogP contribution in [0.15, 0.2) is 4.99 Å². The molecule has 0 radical (unpaired) electrons. The highest BCUT2D eigenvalue weighted by Crippen LogP contribution is 1.97. The van der Waals surface area contributed by atoms with Crippen molar-refractivity contribution >= 4 is 12.2 Å². The largest absolute Gasteiger partial charge is 0.306 e. The summed E-state index contributed by atoms with van der Waals surface area (Å²) in [6.45, 7) is 0.788. The summed E-state index contributed by atoms with van der Waals surface area (Å²) in [7, 11) is 1.73. The first-order valence-corrected chi connectivity index (χ1v) is 3.06. The average molecular weight is 126 g/mol. The first-order valence-electron chi connectivity index (χ1n) is 3.06. The number of carbonyl (C=O) groups excluding carboxylic acids is 1. The van der Waals surface area contributed by atoms with E-state index >= 15 is 0 Å². The normalized spacial score (nSPS) is 20.1. The number of hydrogen-bond donors (Lipinski definition) is 0. The van der Waals surface area contributed by atoms with Crippen molar-refractivity contribution in [2.75, 3.05) is 13.6 Å². The van der Waals surface area contributed by atoms with Crippen LogP contribution in [0.3, 0.4) is 0 Å². The van der Waals surface area contributed by atoms with Gasteiger partial charge in [0.2, 0.25) is 5.91 Å². The van der Waals surface area contributed by atoms with Gasteiger partial charge in [0.25, 0.3) is 0 Å². The predicted octanol–water partition coefficient (Wildman–Crippen LogP) is 0.267. The highest BCUT2D eigenvalue weighted by molar-refractivity contribution is 5.87. The lowest BCUT2D eigenvalue weighted by Gasteiger charge is -2.05. The number of aliphatic imine (C=N–C) groups is 1. The zero-order valence-electron chi connectivity index (χ0n) is 5.50. The quantitative estimate of drug-likeness (QED) is 0.458. The molecule has 0 fully saturated rings. The first kappa shape index (κ1) is 6.26. The Morgan fingerprint density at radius 3 is 3.33 bits per heavy atom. The second kappa shape index (κ2) is 2.62. The Balaban J connectivity index is 2.56. The topological polar surface area (TPSA) is 32.7 Å². The van der Waals surface area contributed by atoms with Crippen LogP contribution in [0.2, 0.25) is 0 Å². The van der Waals surface area contributed by atoms with Gasteiger partial charge in [0.05, 0.1) is 6.34 Å². The van der Waals surface area contributed by atoms with Gasteiger partial charge in [0.1, 0.15) is 0 Å². The van der Waals surface area contributed by atoms with Crippen LogP contribution in [0.25, 0.3) is 0 Å². The third-order valence-electron chi connectivity index (χ3n) is 1.33. The summed E-state index contributed by atoms with van der Waals surface area (Å²) in [6, 6.07) is 0. The molecule has 1 amide bonds. The van der Waals surface area contributed by atoms with Gasteiger partial charge in [-0.05, 0) is 6.42 Å². The van der Waals surface area contributed by atoms with Gasteiger partial charge in [-0.15, -0.1) is 0 Å². The fourth-order valence-electron chi connectivity index (χ4n) is 0.743. The van der Waals surface area contributed by atoms with E-state index in [9.17, 15) is 4.79 Å². The fraction of sp³-hybridized carbons (Fsp3) is 0.667. The monoisotopic (exact) mass is 126 g/mol. The average Bonchev–Trinajstić information content (AvgIpc) is 1.99. The van der Waals surface area contributed by atoms with Crippen molar-refractivity contribution in [3.8, 4) is 0 Å². The number of amides is 1. The zero-order valence-corrected chi connectivity index (χ0v) is 5.50. The highest BCUT2D eigenvalue weighted by Gasteiger charge is 2.07. The summed E-state index contributed by atoms with van der Waals surface area (Å²) in [5.74, 6) is 0.163. The van der Waals surface area contributed by atoms with Gasteiger partial charge in [-0.3, -0.25) is 9.79 Å². The smallest absolute Gasteiger partial charge is 0.227 e. The van der Waals surface area contributed by atoms with E-state index in [1.54, 1.807) is 13.4 Å². The molecular formula is C6H10N2O. The number of hydrogen-bond acceptors (Lipinski definition) is 2. The van der Waals surface area contributed by atoms with Gasteiger partial charge in [0, 0.05) is 20.0 Å². The Hall–Kier alpha value is -0.860. The molecule has 0 N–H and O–H groups in total. The molecule has 3 nitrogen and oxygen atoms in total. The fourth-order valence-corrected chi connectivity index (χ4v) is 0.743. The van der Waals surface area contributed by atoms with Crippen LogP contribution in [-0.2, 0) is 4.79 Å². The molecule has 0 bridgehead atoms. The van der Waals surface area contributed by atoms with Gasteiger partial charge >= 0.3 is 0 Å². The Bertz CT molecular complexity index is 142. The molecular weight excluding hydrogens is 116 g/mol. The Kier molecular flexibility index (Phi) is 1.82. The SMILES string of the molecule is CN1C=NCCCC1=O. The van der Waals surface area contributed by atoms with Crippen molar-refractivity contribution in [1.82, 2.24) is 4.90 Å². The lowest BCUT2D eigenvalue weighted by Crippen LogP contribution is -2.22. The molecule has 50 valence electrons. The van der Waals surface area contributed by atoms with Crippen LogP contribution < -0.4 is 0 Å². The van der Waals surface area contributed by atoms with Crippen molar-refractivity contribution in [3.63, 3.8) is 0 Å². The van der Waals surface area contributed by atoms with Gasteiger partial charge in [-0.25, -0.2) is 0 Å². The van der Waals surface area contributed by atoms with Crippen molar-refractivity contribution in [2.45, 2.75) is 12.8 Å². The minimum Gasteiger partial charge on any atom is -0.306 e. The molecule has 0 spiro atoms. The predicted molar refractivity (Wildman–Crippen MR) is 35.4 cm³/mol. The highest BCUT2D eigenvalue weighted by atomic mass is 16.2. The standard InChI is InChI=1S/C6H10N2O/c1-8-5-7-4-2-3-6(8)9/h5H,2-4H2,1H3. The van der Waals surface area contributed by atoms with Crippen LogP contribution in [0.5, 0.6) is 0 Å². The van der Waals surface area contributed by atoms with Crippen molar-refractivity contribution in [2.24, 2.45) is 4.99 Å². The van der Waals surface area contributed by atoms with Crippen molar-refractivity contribution in [1.29, 1.82) is 0 Å². The maximum atomic E-state index is 10.8. The summed E-state index contributed by atoms with van der Waals surface area (Å²) in [6.07, 6.45) is 3.12. The molecule has 1 heterocycles. The van der Waals surface area contributed by atoms with Gasteiger partial charge in [0.15, 0.2) is 0 Å². The summed E-state index contributed by atoms with van der Waals surface area (Å²) in [5, 5.41) is 0. The Morgan fingerprint density at radius 1 is 1.78 bits per heavy atom.